The molecule has 6 heteroatoms. The molecule has 1 N–H and O–H groups in total. The highest BCUT2D eigenvalue weighted by atomic mass is 16.5. The van der Waals surface area contributed by atoms with Crippen LogP contribution in [0, 0.1) is 0 Å². The lowest BCUT2D eigenvalue weighted by Crippen LogP contribution is -2.46. The van der Waals surface area contributed by atoms with Gasteiger partial charge in [0, 0.05) is 13.0 Å². The zero-order valence-corrected chi connectivity index (χ0v) is 10.2. The summed E-state index contributed by atoms with van der Waals surface area (Å²) in [6.45, 7) is 4.16. The first-order chi connectivity index (χ1) is 8.08. The van der Waals surface area contributed by atoms with E-state index in [2.05, 4.69) is 5.32 Å². The van der Waals surface area contributed by atoms with Crippen LogP contribution in [-0.4, -0.2) is 48.4 Å². The van der Waals surface area contributed by atoms with Crippen LogP contribution in [0.1, 0.15) is 26.7 Å². The Bertz CT molecular complexity index is 317. The van der Waals surface area contributed by atoms with Gasteiger partial charge in [0.25, 0.3) is 0 Å². The molecule has 0 radical (unpaired) electrons. The summed E-state index contributed by atoms with van der Waals surface area (Å²) in [5.74, 6) is -0.756. The van der Waals surface area contributed by atoms with Crippen molar-refractivity contribution < 1.29 is 19.1 Å². The Morgan fingerprint density at radius 3 is 2.65 bits per heavy atom. The maximum Gasteiger partial charge on any atom is 0.325 e. The van der Waals surface area contributed by atoms with Crippen molar-refractivity contribution >= 4 is 17.8 Å². The molecule has 1 fully saturated rings. The molecule has 1 aliphatic rings. The van der Waals surface area contributed by atoms with E-state index < -0.39 is 12.0 Å². The van der Waals surface area contributed by atoms with Gasteiger partial charge in [0.15, 0.2) is 0 Å². The second-order valence-electron chi connectivity index (χ2n) is 3.82. The number of nitrogens with one attached hydrogen (secondary N) is 1. The molecule has 1 unspecified atom stereocenters. The van der Waals surface area contributed by atoms with Gasteiger partial charge in [-0.3, -0.25) is 14.4 Å². The Morgan fingerprint density at radius 2 is 2.18 bits per heavy atom. The molecule has 0 aromatic heterocycles. The molecule has 0 spiro atoms. The second kappa shape index (κ2) is 6.22. The number of ether oxygens (including phenoxy) is 1. The molecule has 1 aliphatic heterocycles. The van der Waals surface area contributed by atoms with Gasteiger partial charge in [-0.1, -0.05) is 0 Å². The summed E-state index contributed by atoms with van der Waals surface area (Å²) in [6, 6.07) is -0.489. The quantitative estimate of drug-likeness (QED) is 0.670. The van der Waals surface area contributed by atoms with Gasteiger partial charge in [0.2, 0.25) is 11.8 Å². The Kier molecular flexibility index (Phi) is 4.93. The molecule has 0 aromatic rings. The summed E-state index contributed by atoms with van der Waals surface area (Å²) in [6.07, 6.45) is 0.865. The third kappa shape index (κ3) is 3.72. The molecule has 1 rings (SSSR count). The summed E-state index contributed by atoms with van der Waals surface area (Å²) in [7, 11) is 0. The second-order valence-corrected chi connectivity index (χ2v) is 3.82. The third-order valence-corrected chi connectivity index (χ3v) is 2.61. The van der Waals surface area contributed by atoms with E-state index in [4.69, 9.17) is 4.74 Å². The van der Waals surface area contributed by atoms with Crippen molar-refractivity contribution in [3.63, 3.8) is 0 Å². The normalized spacial score (nSPS) is 18.7. The Labute approximate surface area is 100 Å². The predicted octanol–water partition coefficient (Wildman–Crippen LogP) is -0.323. The molecule has 0 bridgehead atoms. The monoisotopic (exact) mass is 242 g/mol. The summed E-state index contributed by atoms with van der Waals surface area (Å²) in [4.78, 5) is 35.7. The molecule has 2 amide bonds. The molecule has 96 valence electrons. The molecule has 1 saturated heterocycles. The van der Waals surface area contributed by atoms with E-state index in [1.54, 1.807) is 13.8 Å². The molecule has 1 atom stereocenters. The van der Waals surface area contributed by atoms with E-state index in [1.807, 2.05) is 0 Å². The standard InChI is InChI=1S/C11H18N2O4/c1-3-13(7-10(15)17-4-2)11(16)8-5-6-9(14)12-8/h8H,3-7H2,1-2H3,(H,12,14). The van der Waals surface area contributed by atoms with E-state index in [1.165, 1.54) is 4.90 Å². The number of rotatable bonds is 5. The maximum atomic E-state index is 12.0. The van der Waals surface area contributed by atoms with Crippen LogP contribution < -0.4 is 5.32 Å². The zero-order chi connectivity index (χ0) is 12.8. The van der Waals surface area contributed by atoms with Crippen molar-refractivity contribution in [1.29, 1.82) is 0 Å². The van der Waals surface area contributed by atoms with Gasteiger partial charge >= 0.3 is 5.97 Å². The van der Waals surface area contributed by atoms with Gasteiger partial charge in [0.05, 0.1) is 6.61 Å². The summed E-state index contributed by atoms with van der Waals surface area (Å²) >= 11 is 0. The number of hydrogen-bond acceptors (Lipinski definition) is 4. The van der Waals surface area contributed by atoms with Gasteiger partial charge in [-0.2, -0.15) is 0 Å². The Morgan fingerprint density at radius 1 is 1.47 bits per heavy atom. The molecule has 0 saturated carbocycles. The van der Waals surface area contributed by atoms with Crippen molar-refractivity contribution in [1.82, 2.24) is 10.2 Å². The number of nitrogens with zero attached hydrogens (tertiary/aromatic N) is 1. The molecule has 0 aromatic carbocycles. The highest BCUT2D eigenvalue weighted by molar-refractivity contribution is 5.92. The van der Waals surface area contributed by atoms with Crippen LogP contribution >= 0.6 is 0 Å². The largest absolute Gasteiger partial charge is 0.465 e. The van der Waals surface area contributed by atoms with Crippen molar-refractivity contribution in [3.05, 3.63) is 0 Å². The van der Waals surface area contributed by atoms with Crippen LogP contribution in [0.15, 0.2) is 0 Å². The molecule has 0 aliphatic carbocycles. The van der Waals surface area contributed by atoms with Crippen molar-refractivity contribution in [2.24, 2.45) is 0 Å². The molecule has 17 heavy (non-hydrogen) atoms. The van der Waals surface area contributed by atoms with E-state index in [-0.39, 0.29) is 18.4 Å². The number of amides is 2. The minimum absolute atomic E-state index is 0.0600. The van der Waals surface area contributed by atoms with Crippen LogP contribution in [0.3, 0.4) is 0 Å². The first kappa shape index (κ1) is 13.5. The van der Waals surface area contributed by atoms with E-state index in [9.17, 15) is 14.4 Å². The van der Waals surface area contributed by atoms with Crippen LogP contribution in [-0.2, 0) is 19.1 Å². The van der Waals surface area contributed by atoms with Crippen LogP contribution in [0.2, 0.25) is 0 Å². The first-order valence-electron chi connectivity index (χ1n) is 5.82. The lowest BCUT2D eigenvalue weighted by molar-refractivity contribution is -0.149. The zero-order valence-electron chi connectivity index (χ0n) is 10.2. The Balaban J connectivity index is 2.52. The van der Waals surface area contributed by atoms with Crippen LogP contribution in [0.5, 0.6) is 0 Å². The van der Waals surface area contributed by atoms with Crippen LogP contribution in [0.25, 0.3) is 0 Å². The fraction of sp³-hybridized carbons (Fsp3) is 0.727. The van der Waals surface area contributed by atoms with Crippen LogP contribution in [0.4, 0.5) is 0 Å². The predicted molar refractivity (Wildman–Crippen MR) is 60.1 cm³/mol. The fourth-order valence-electron chi connectivity index (χ4n) is 1.73. The lowest BCUT2D eigenvalue weighted by atomic mass is 10.2. The van der Waals surface area contributed by atoms with Crippen molar-refractivity contribution in [3.8, 4) is 0 Å². The smallest absolute Gasteiger partial charge is 0.325 e. The minimum Gasteiger partial charge on any atom is -0.465 e. The Hall–Kier alpha value is -1.59. The van der Waals surface area contributed by atoms with Gasteiger partial charge in [-0.25, -0.2) is 0 Å². The number of likely N-dealkylation sites (N-methyl/N-ethyl adjacent to an activating group) is 1. The van der Waals surface area contributed by atoms with E-state index in [0.717, 1.165) is 0 Å². The van der Waals surface area contributed by atoms with Gasteiger partial charge in [-0.15, -0.1) is 0 Å². The van der Waals surface area contributed by atoms with Crippen molar-refractivity contribution in [2.45, 2.75) is 32.7 Å². The molecule has 6 nitrogen and oxygen atoms in total. The average Bonchev–Trinajstić information content (AvgIpc) is 2.72. The molecule has 1 heterocycles. The lowest BCUT2D eigenvalue weighted by Gasteiger charge is -2.22. The molecular formula is C11H18N2O4. The number of hydrogen-bond donors (Lipinski definition) is 1. The topological polar surface area (TPSA) is 75.7 Å². The number of esters is 1. The van der Waals surface area contributed by atoms with Gasteiger partial charge < -0.3 is 15.0 Å². The summed E-state index contributed by atoms with van der Waals surface area (Å²) in [5, 5.41) is 2.59. The first-order valence-corrected chi connectivity index (χ1v) is 5.82. The minimum atomic E-state index is -0.489. The van der Waals surface area contributed by atoms with E-state index in [0.29, 0.717) is 26.0 Å². The molecular weight excluding hydrogens is 224 g/mol. The number of carbonyl (C=O) groups excluding carboxylic acids is 3. The van der Waals surface area contributed by atoms with E-state index >= 15 is 0 Å². The average molecular weight is 242 g/mol. The van der Waals surface area contributed by atoms with Gasteiger partial charge in [-0.05, 0) is 20.3 Å². The SMILES string of the molecule is CCOC(=O)CN(CC)C(=O)C1CCC(=O)N1. The van der Waals surface area contributed by atoms with Gasteiger partial charge in [0.1, 0.15) is 12.6 Å². The number of carbonyl (C=O) groups is 3. The summed E-state index contributed by atoms with van der Waals surface area (Å²) in [5.41, 5.74) is 0. The fourth-order valence-corrected chi connectivity index (χ4v) is 1.73. The summed E-state index contributed by atoms with van der Waals surface area (Å²) < 4.78 is 4.79. The maximum absolute atomic E-state index is 12.0. The third-order valence-electron chi connectivity index (χ3n) is 2.61. The highest BCUT2D eigenvalue weighted by Crippen LogP contribution is 2.09. The highest BCUT2D eigenvalue weighted by Gasteiger charge is 2.31. The van der Waals surface area contributed by atoms with Crippen molar-refractivity contribution in [2.75, 3.05) is 19.7 Å².